The third-order valence-corrected chi connectivity index (χ3v) is 5.46. The summed E-state index contributed by atoms with van der Waals surface area (Å²) in [5, 5.41) is 2.95. The van der Waals surface area contributed by atoms with Gasteiger partial charge in [0.2, 0.25) is 0 Å². The number of pyridine rings is 1. The predicted molar refractivity (Wildman–Crippen MR) is 112 cm³/mol. The molecule has 1 N–H and O–H groups in total. The van der Waals surface area contributed by atoms with Gasteiger partial charge in [-0.25, -0.2) is 4.98 Å². The number of likely N-dealkylation sites (N-methyl/N-ethyl adjacent to an activating group) is 1. The number of nitrogens with zero attached hydrogens (tertiary/aromatic N) is 4. The van der Waals surface area contributed by atoms with Crippen LogP contribution in [0.5, 0.6) is 0 Å². The monoisotopic (exact) mass is 377 g/mol. The molecule has 6 heteroatoms. The number of carbonyl (C=O) groups excluding carboxylic acids is 1. The van der Waals surface area contributed by atoms with E-state index in [0.29, 0.717) is 5.69 Å². The normalized spacial score (nSPS) is 15.8. The summed E-state index contributed by atoms with van der Waals surface area (Å²) in [4.78, 5) is 21.9. The van der Waals surface area contributed by atoms with Crippen molar-refractivity contribution in [2.75, 3.05) is 38.0 Å². The van der Waals surface area contributed by atoms with Gasteiger partial charge in [0.1, 0.15) is 11.3 Å². The molecule has 0 atom stereocenters. The highest BCUT2D eigenvalue weighted by molar-refractivity contribution is 6.03. The van der Waals surface area contributed by atoms with E-state index in [0.717, 1.165) is 56.3 Å². The number of imidazole rings is 1. The van der Waals surface area contributed by atoms with Crippen molar-refractivity contribution in [2.45, 2.75) is 20.4 Å². The summed E-state index contributed by atoms with van der Waals surface area (Å²) < 4.78 is 1.93. The van der Waals surface area contributed by atoms with Gasteiger partial charge in [-0.3, -0.25) is 9.69 Å². The molecule has 1 aromatic carbocycles. The molecule has 0 unspecified atom stereocenters. The first-order chi connectivity index (χ1) is 13.6. The Morgan fingerprint density at radius 2 is 1.75 bits per heavy atom. The molecule has 3 heterocycles. The zero-order chi connectivity index (χ0) is 19.5. The average Bonchev–Trinajstić information content (AvgIpc) is 3.16. The van der Waals surface area contributed by atoms with Gasteiger partial charge in [-0.2, -0.15) is 0 Å². The van der Waals surface area contributed by atoms with E-state index < -0.39 is 0 Å². The van der Waals surface area contributed by atoms with Crippen molar-refractivity contribution < 1.29 is 4.79 Å². The van der Waals surface area contributed by atoms with Crippen molar-refractivity contribution in [3.8, 4) is 0 Å². The average molecular weight is 377 g/mol. The smallest absolute Gasteiger partial charge is 0.275 e. The minimum Gasteiger partial charge on any atom is -0.321 e. The second-order valence-electron chi connectivity index (χ2n) is 7.38. The van der Waals surface area contributed by atoms with Gasteiger partial charge in [-0.15, -0.1) is 0 Å². The number of nitrogens with one attached hydrogen (secondary N) is 1. The number of anilines is 1. The first-order valence-corrected chi connectivity index (χ1v) is 9.92. The minimum absolute atomic E-state index is 0.188. The lowest BCUT2D eigenvalue weighted by molar-refractivity contribution is 0.102. The highest BCUT2D eigenvalue weighted by Gasteiger charge is 2.16. The van der Waals surface area contributed by atoms with Gasteiger partial charge >= 0.3 is 0 Å². The number of amides is 1. The van der Waals surface area contributed by atoms with Crippen LogP contribution >= 0.6 is 0 Å². The van der Waals surface area contributed by atoms with Crippen LogP contribution in [0.25, 0.3) is 5.65 Å². The number of benzene rings is 1. The first kappa shape index (κ1) is 18.7. The molecule has 0 aliphatic carbocycles. The molecule has 28 heavy (non-hydrogen) atoms. The molecule has 0 spiro atoms. The molecule has 4 rings (SSSR count). The fraction of sp³-hybridized carbons (Fsp3) is 0.364. The van der Waals surface area contributed by atoms with Gasteiger partial charge < -0.3 is 14.6 Å². The fourth-order valence-corrected chi connectivity index (χ4v) is 3.67. The number of rotatable bonds is 5. The third-order valence-electron chi connectivity index (χ3n) is 5.46. The molecule has 3 aromatic rings. The Morgan fingerprint density at radius 3 is 2.43 bits per heavy atom. The quantitative estimate of drug-likeness (QED) is 0.743. The van der Waals surface area contributed by atoms with E-state index in [1.54, 1.807) is 6.20 Å². The largest absolute Gasteiger partial charge is 0.321 e. The van der Waals surface area contributed by atoms with Gasteiger partial charge in [0.15, 0.2) is 0 Å². The lowest BCUT2D eigenvalue weighted by Gasteiger charge is -2.34. The van der Waals surface area contributed by atoms with Crippen molar-refractivity contribution >= 4 is 17.2 Å². The fourth-order valence-electron chi connectivity index (χ4n) is 3.67. The van der Waals surface area contributed by atoms with Gasteiger partial charge in [0, 0.05) is 50.3 Å². The maximum Gasteiger partial charge on any atom is 0.275 e. The molecule has 6 nitrogen and oxygen atoms in total. The standard InChI is InChI=1S/C22H27N5O/c1-3-25-11-13-26(14-12-25)15-18-7-9-19(10-8-18)23-22(28)20-16-27-17(2)5-4-6-21(27)24-20/h4-10,16H,3,11-15H2,1-2H3,(H,23,28). The second-order valence-corrected chi connectivity index (χ2v) is 7.38. The molecule has 0 saturated carbocycles. The summed E-state index contributed by atoms with van der Waals surface area (Å²) >= 11 is 0. The summed E-state index contributed by atoms with van der Waals surface area (Å²) in [5.74, 6) is -0.188. The Balaban J connectivity index is 1.37. The lowest BCUT2D eigenvalue weighted by atomic mass is 10.1. The highest BCUT2D eigenvalue weighted by Crippen LogP contribution is 2.15. The zero-order valence-electron chi connectivity index (χ0n) is 16.6. The number of aromatic nitrogens is 2. The number of hydrogen-bond donors (Lipinski definition) is 1. The van der Waals surface area contributed by atoms with Crippen LogP contribution in [-0.2, 0) is 6.54 Å². The van der Waals surface area contributed by atoms with Gasteiger partial charge in [-0.05, 0) is 43.3 Å². The third kappa shape index (κ3) is 4.08. The topological polar surface area (TPSA) is 52.9 Å². The van der Waals surface area contributed by atoms with Crippen LogP contribution in [0.1, 0.15) is 28.7 Å². The maximum atomic E-state index is 12.6. The summed E-state index contributed by atoms with van der Waals surface area (Å²) in [6, 6.07) is 14.0. The van der Waals surface area contributed by atoms with Crippen molar-refractivity contribution in [3.05, 3.63) is 65.6 Å². The van der Waals surface area contributed by atoms with Gasteiger partial charge in [0.25, 0.3) is 5.91 Å². The van der Waals surface area contributed by atoms with E-state index in [2.05, 4.69) is 39.2 Å². The predicted octanol–water partition coefficient (Wildman–Crippen LogP) is 3.03. The molecule has 146 valence electrons. The van der Waals surface area contributed by atoms with E-state index in [-0.39, 0.29) is 5.91 Å². The summed E-state index contributed by atoms with van der Waals surface area (Å²) in [6.07, 6.45) is 1.78. The van der Waals surface area contributed by atoms with Crippen LogP contribution in [0, 0.1) is 6.92 Å². The molecule has 1 aliphatic heterocycles. The van der Waals surface area contributed by atoms with Crippen LogP contribution in [0.3, 0.4) is 0 Å². The van der Waals surface area contributed by atoms with E-state index in [4.69, 9.17) is 0 Å². The molecule has 1 saturated heterocycles. The molecular weight excluding hydrogens is 350 g/mol. The van der Waals surface area contributed by atoms with Crippen molar-refractivity contribution in [1.29, 1.82) is 0 Å². The Morgan fingerprint density at radius 1 is 1.04 bits per heavy atom. The Labute approximate surface area is 165 Å². The summed E-state index contributed by atoms with van der Waals surface area (Å²) in [5.41, 5.74) is 4.31. The van der Waals surface area contributed by atoms with Crippen LogP contribution in [-0.4, -0.2) is 57.8 Å². The number of fused-ring (bicyclic) bond motifs is 1. The van der Waals surface area contributed by atoms with Crippen molar-refractivity contribution in [2.24, 2.45) is 0 Å². The Hall–Kier alpha value is -2.70. The van der Waals surface area contributed by atoms with E-state index in [1.165, 1.54) is 5.56 Å². The molecule has 0 bridgehead atoms. The van der Waals surface area contributed by atoms with Gasteiger partial charge in [0.05, 0.1) is 0 Å². The van der Waals surface area contributed by atoms with Crippen molar-refractivity contribution in [1.82, 2.24) is 19.2 Å². The summed E-state index contributed by atoms with van der Waals surface area (Å²) in [7, 11) is 0. The van der Waals surface area contributed by atoms with E-state index >= 15 is 0 Å². The number of carbonyl (C=O) groups is 1. The van der Waals surface area contributed by atoms with Crippen molar-refractivity contribution in [3.63, 3.8) is 0 Å². The summed E-state index contributed by atoms with van der Waals surface area (Å²) in [6.45, 7) is 10.8. The Bertz CT molecular complexity index is 955. The van der Waals surface area contributed by atoms with E-state index in [1.807, 2.05) is 41.7 Å². The van der Waals surface area contributed by atoms with Crippen LogP contribution in [0.4, 0.5) is 5.69 Å². The molecule has 2 aromatic heterocycles. The first-order valence-electron chi connectivity index (χ1n) is 9.92. The molecule has 0 radical (unpaired) electrons. The SMILES string of the molecule is CCN1CCN(Cc2ccc(NC(=O)c3cn4c(C)cccc4n3)cc2)CC1. The lowest BCUT2D eigenvalue weighted by Crippen LogP contribution is -2.45. The minimum atomic E-state index is -0.188. The van der Waals surface area contributed by atoms with Crippen LogP contribution < -0.4 is 5.32 Å². The maximum absolute atomic E-state index is 12.6. The molecule has 1 fully saturated rings. The molecule has 1 aliphatic rings. The highest BCUT2D eigenvalue weighted by atomic mass is 16.1. The molecule has 1 amide bonds. The van der Waals surface area contributed by atoms with Gasteiger partial charge in [-0.1, -0.05) is 25.1 Å². The van der Waals surface area contributed by atoms with E-state index in [9.17, 15) is 4.79 Å². The second kappa shape index (κ2) is 8.12. The van der Waals surface area contributed by atoms with Crippen LogP contribution in [0.15, 0.2) is 48.7 Å². The Kier molecular flexibility index (Phi) is 5.41. The zero-order valence-corrected chi connectivity index (χ0v) is 16.6. The van der Waals surface area contributed by atoms with Crippen LogP contribution in [0.2, 0.25) is 0 Å². The number of hydrogen-bond acceptors (Lipinski definition) is 4. The number of piperazine rings is 1. The molecular formula is C22H27N5O. The number of aryl methyl sites for hydroxylation is 1.